The minimum absolute atomic E-state index is 0.139. The Morgan fingerprint density at radius 3 is 2.57 bits per heavy atom. The first kappa shape index (κ1) is 24.6. The predicted octanol–water partition coefficient (Wildman–Crippen LogP) is 5.41. The van der Waals surface area contributed by atoms with E-state index < -0.39 is 11.9 Å². The summed E-state index contributed by atoms with van der Waals surface area (Å²) in [6, 6.07) is 18.9. The maximum Gasteiger partial charge on any atom is 0.256 e. The summed E-state index contributed by atoms with van der Waals surface area (Å²) < 4.78 is 19.0. The number of hydrogen-bond donors (Lipinski definition) is 1. The molecule has 0 spiro atoms. The first-order chi connectivity index (χ1) is 16.9. The molecule has 1 saturated heterocycles. The summed E-state index contributed by atoms with van der Waals surface area (Å²) in [6.07, 6.45) is -0.139. The topological polar surface area (TPSA) is 61.9 Å². The van der Waals surface area contributed by atoms with Crippen molar-refractivity contribution < 1.29 is 18.7 Å². The van der Waals surface area contributed by atoms with Crippen LogP contribution in [0.4, 0.5) is 15.8 Å². The largest absolute Gasteiger partial charge is 0.494 e. The van der Waals surface area contributed by atoms with E-state index in [0.717, 1.165) is 5.56 Å². The van der Waals surface area contributed by atoms with Crippen LogP contribution < -0.4 is 15.0 Å². The molecular formula is C26H23ClFN3O3S. The number of benzene rings is 3. The molecule has 1 aliphatic rings. The fourth-order valence-electron chi connectivity index (χ4n) is 3.87. The van der Waals surface area contributed by atoms with E-state index in [1.165, 1.54) is 29.2 Å². The molecule has 0 saturated carbocycles. The van der Waals surface area contributed by atoms with Crippen LogP contribution in [-0.2, 0) is 16.1 Å². The highest BCUT2D eigenvalue weighted by atomic mass is 35.5. The van der Waals surface area contributed by atoms with E-state index in [4.69, 9.17) is 28.6 Å². The van der Waals surface area contributed by atoms with Crippen molar-refractivity contribution in [2.45, 2.75) is 25.9 Å². The molecule has 0 bridgehead atoms. The van der Waals surface area contributed by atoms with E-state index in [0.29, 0.717) is 28.8 Å². The van der Waals surface area contributed by atoms with Gasteiger partial charge in [0.2, 0.25) is 5.91 Å². The third-order valence-corrected chi connectivity index (χ3v) is 6.30. The van der Waals surface area contributed by atoms with Gasteiger partial charge in [-0.1, -0.05) is 35.9 Å². The Labute approximate surface area is 213 Å². The minimum Gasteiger partial charge on any atom is -0.494 e. The van der Waals surface area contributed by atoms with Crippen LogP contribution in [-0.4, -0.2) is 34.5 Å². The van der Waals surface area contributed by atoms with Gasteiger partial charge in [-0.05, 0) is 67.2 Å². The van der Waals surface area contributed by atoms with Crippen LogP contribution >= 0.6 is 23.8 Å². The molecule has 0 unspecified atom stereocenters. The van der Waals surface area contributed by atoms with Crippen LogP contribution in [0.15, 0.2) is 72.8 Å². The molecule has 4 rings (SSSR count). The summed E-state index contributed by atoms with van der Waals surface area (Å²) in [5.41, 5.74) is 1.75. The molecule has 1 N–H and O–H groups in total. The van der Waals surface area contributed by atoms with Crippen LogP contribution in [0.2, 0.25) is 5.02 Å². The normalized spacial score (nSPS) is 15.5. The van der Waals surface area contributed by atoms with Gasteiger partial charge in [-0.15, -0.1) is 0 Å². The first-order valence-corrected chi connectivity index (χ1v) is 11.8. The highest BCUT2D eigenvalue weighted by molar-refractivity contribution is 7.80. The number of rotatable bonds is 8. The average Bonchev–Trinajstić information content (AvgIpc) is 3.05. The van der Waals surface area contributed by atoms with Gasteiger partial charge in [0.1, 0.15) is 17.6 Å². The lowest BCUT2D eigenvalue weighted by Crippen LogP contribution is -2.37. The van der Waals surface area contributed by atoms with E-state index in [1.807, 2.05) is 25.1 Å². The maximum absolute atomic E-state index is 13.5. The Balaban J connectivity index is 1.59. The zero-order valence-electron chi connectivity index (χ0n) is 18.9. The standard InChI is InChI=1S/C26H23ClFN3O3S/c1-2-34-21-8-5-7-19(14-21)29-24(32)15-23-25(33)31(20-12-10-18(28)11-13-20)26(35)30(23)16-17-6-3-4-9-22(17)27/h3-14,23H,2,15-16H2,1H3,(H,29,32)/t23-/m0/s1. The van der Waals surface area contributed by atoms with Crippen molar-refractivity contribution in [2.24, 2.45) is 0 Å². The maximum atomic E-state index is 13.5. The van der Waals surface area contributed by atoms with Crippen LogP contribution in [0.3, 0.4) is 0 Å². The monoisotopic (exact) mass is 511 g/mol. The average molecular weight is 512 g/mol. The Bertz CT molecular complexity index is 1250. The lowest BCUT2D eigenvalue weighted by Gasteiger charge is -2.24. The van der Waals surface area contributed by atoms with Gasteiger partial charge in [0.25, 0.3) is 5.91 Å². The predicted molar refractivity (Wildman–Crippen MR) is 138 cm³/mol. The number of thiocarbonyl (C=S) groups is 1. The second-order valence-electron chi connectivity index (χ2n) is 7.88. The molecule has 3 aromatic carbocycles. The molecule has 3 aromatic rings. The number of carbonyl (C=O) groups is 2. The van der Waals surface area contributed by atoms with E-state index in [9.17, 15) is 14.0 Å². The summed E-state index contributed by atoms with van der Waals surface area (Å²) in [4.78, 5) is 29.5. The van der Waals surface area contributed by atoms with Crippen molar-refractivity contribution in [3.8, 4) is 5.75 Å². The summed E-state index contributed by atoms with van der Waals surface area (Å²) >= 11 is 12.0. The number of hydrogen-bond acceptors (Lipinski definition) is 4. The van der Waals surface area contributed by atoms with Gasteiger partial charge < -0.3 is 15.0 Å². The van der Waals surface area contributed by atoms with E-state index >= 15 is 0 Å². The zero-order chi connectivity index (χ0) is 24.9. The summed E-state index contributed by atoms with van der Waals surface area (Å²) in [5.74, 6) is -0.521. The number of halogens is 2. The number of anilines is 2. The Morgan fingerprint density at radius 1 is 1.11 bits per heavy atom. The molecule has 0 aromatic heterocycles. The second kappa shape index (κ2) is 10.8. The summed E-state index contributed by atoms with van der Waals surface area (Å²) in [5, 5.41) is 3.57. The van der Waals surface area contributed by atoms with Crippen molar-refractivity contribution in [2.75, 3.05) is 16.8 Å². The van der Waals surface area contributed by atoms with E-state index in [1.54, 1.807) is 35.2 Å². The number of nitrogens with zero attached hydrogens (tertiary/aromatic N) is 2. The quantitative estimate of drug-likeness (QED) is 0.410. The Kier molecular flexibility index (Phi) is 7.63. The Hall–Kier alpha value is -3.49. The third-order valence-electron chi connectivity index (χ3n) is 5.51. The SMILES string of the molecule is CCOc1cccc(NC(=O)C[C@H]2C(=O)N(c3ccc(F)cc3)C(=S)N2Cc2ccccc2Cl)c1. The summed E-state index contributed by atoms with van der Waals surface area (Å²) in [7, 11) is 0. The minimum atomic E-state index is -0.862. The zero-order valence-corrected chi connectivity index (χ0v) is 20.5. The number of ether oxygens (including phenoxy) is 1. The number of nitrogens with one attached hydrogen (secondary N) is 1. The molecule has 1 aliphatic heterocycles. The lowest BCUT2D eigenvalue weighted by molar-refractivity contribution is -0.124. The molecule has 1 heterocycles. The van der Waals surface area contributed by atoms with Gasteiger partial charge in [-0.3, -0.25) is 14.5 Å². The smallest absolute Gasteiger partial charge is 0.256 e. The molecule has 1 atom stereocenters. The first-order valence-electron chi connectivity index (χ1n) is 11.0. The van der Waals surface area contributed by atoms with E-state index in [-0.39, 0.29) is 29.9 Å². The van der Waals surface area contributed by atoms with Gasteiger partial charge in [-0.25, -0.2) is 4.39 Å². The second-order valence-corrected chi connectivity index (χ2v) is 8.65. The van der Waals surface area contributed by atoms with Gasteiger partial charge in [0.15, 0.2) is 5.11 Å². The third kappa shape index (κ3) is 5.61. The summed E-state index contributed by atoms with van der Waals surface area (Å²) in [6.45, 7) is 2.61. The molecule has 0 aliphatic carbocycles. The van der Waals surface area contributed by atoms with Gasteiger partial charge in [0, 0.05) is 23.3 Å². The van der Waals surface area contributed by atoms with Gasteiger partial charge >= 0.3 is 0 Å². The molecule has 6 nitrogen and oxygen atoms in total. The molecule has 0 radical (unpaired) electrons. The Morgan fingerprint density at radius 2 is 1.86 bits per heavy atom. The fourth-order valence-corrected chi connectivity index (χ4v) is 4.45. The highest BCUT2D eigenvalue weighted by Gasteiger charge is 2.44. The van der Waals surface area contributed by atoms with Crippen LogP contribution in [0.25, 0.3) is 0 Å². The molecule has 1 fully saturated rings. The molecule has 9 heteroatoms. The van der Waals surface area contributed by atoms with Crippen LogP contribution in [0.5, 0.6) is 5.75 Å². The van der Waals surface area contributed by atoms with Crippen molar-refractivity contribution in [3.05, 3.63) is 89.2 Å². The van der Waals surface area contributed by atoms with E-state index in [2.05, 4.69) is 5.32 Å². The van der Waals surface area contributed by atoms with Crippen molar-refractivity contribution >= 4 is 52.1 Å². The molecular weight excluding hydrogens is 489 g/mol. The molecule has 180 valence electrons. The highest BCUT2D eigenvalue weighted by Crippen LogP contribution is 2.30. The molecule has 35 heavy (non-hydrogen) atoms. The fraction of sp³-hybridized carbons (Fsp3) is 0.192. The van der Waals surface area contributed by atoms with Crippen molar-refractivity contribution in [1.29, 1.82) is 0 Å². The van der Waals surface area contributed by atoms with Crippen molar-refractivity contribution in [1.82, 2.24) is 4.90 Å². The van der Waals surface area contributed by atoms with Gasteiger partial charge in [0.05, 0.1) is 18.7 Å². The number of carbonyl (C=O) groups excluding carboxylic acids is 2. The molecule has 2 amide bonds. The van der Waals surface area contributed by atoms with Crippen molar-refractivity contribution in [3.63, 3.8) is 0 Å². The lowest BCUT2D eigenvalue weighted by atomic mass is 10.1. The number of amides is 2. The van der Waals surface area contributed by atoms with Gasteiger partial charge in [-0.2, -0.15) is 0 Å². The van der Waals surface area contributed by atoms with Crippen LogP contribution in [0.1, 0.15) is 18.9 Å². The van der Waals surface area contributed by atoms with Crippen LogP contribution in [0, 0.1) is 5.82 Å².